The first-order chi connectivity index (χ1) is 14.1. The van der Waals surface area contributed by atoms with Gasteiger partial charge in [-0.05, 0) is 78.2 Å². The van der Waals surface area contributed by atoms with Gasteiger partial charge in [0.1, 0.15) is 5.75 Å². The van der Waals surface area contributed by atoms with Crippen LogP contribution in [0.3, 0.4) is 0 Å². The van der Waals surface area contributed by atoms with E-state index < -0.39 is 8.32 Å². The topological polar surface area (TPSA) is 26.3 Å². The van der Waals surface area contributed by atoms with Gasteiger partial charge >= 0.3 is 0 Å². The third-order valence-electron chi connectivity index (χ3n) is 7.60. The molecule has 2 aliphatic rings. The van der Waals surface area contributed by atoms with Crippen LogP contribution in [-0.4, -0.2) is 14.1 Å². The molecule has 2 atom stereocenters. The van der Waals surface area contributed by atoms with Crippen molar-refractivity contribution < 1.29 is 9.22 Å². The fourth-order valence-electron chi connectivity index (χ4n) is 4.84. The molecule has 0 heterocycles. The van der Waals surface area contributed by atoms with Crippen molar-refractivity contribution in [3.63, 3.8) is 0 Å². The van der Waals surface area contributed by atoms with Crippen LogP contribution in [0.15, 0.2) is 60.7 Å². The van der Waals surface area contributed by atoms with E-state index in [9.17, 15) is 4.79 Å². The second-order valence-corrected chi connectivity index (χ2v) is 15.3. The number of fused-ring (bicyclic) bond motifs is 3. The largest absolute Gasteiger partial charge is 0.543 e. The molecule has 0 radical (unpaired) electrons. The van der Waals surface area contributed by atoms with Gasteiger partial charge in [-0.25, -0.2) is 0 Å². The van der Waals surface area contributed by atoms with Crippen LogP contribution in [0.25, 0.3) is 0 Å². The summed E-state index contributed by atoms with van der Waals surface area (Å²) in [6, 6.07) is 17.4. The van der Waals surface area contributed by atoms with Crippen molar-refractivity contribution in [1.82, 2.24) is 0 Å². The number of rotatable bonds is 4. The van der Waals surface area contributed by atoms with Crippen molar-refractivity contribution in [3.05, 3.63) is 77.4 Å². The molecular formula is C27H34O2Si. The lowest BCUT2D eigenvalue weighted by atomic mass is 9.57. The van der Waals surface area contributed by atoms with E-state index in [1.54, 1.807) is 0 Å². The zero-order chi connectivity index (χ0) is 21.6. The number of benzene rings is 2. The first-order valence-corrected chi connectivity index (χ1v) is 14.1. The van der Waals surface area contributed by atoms with E-state index in [1.807, 2.05) is 6.08 Å². The second-order valence-electron chi connectivity index (χ2n) is 10.6. The highest BCUT2D eigenvalue weighted by Crippen LogP contribution is 2.49. The number of ketones is 1. The summed E-state index contributed by atoms with van der Waals surface area (Å²) in [4.78, 5) is 12.2. The average Bonchev–Trinajstić information content (AvgIpc) is 2.68. The fraction of sp³-hybridized carbons (Fsp3) is 0.444. The Morgan fingerprint density at radius 3 is 2.53 bits per heavy atom. The molecule has 0 amide bonds. The predicted molar refractivity (Wildman–Crippen MR) is 127 cm³/mol. The third-order valence-corrected chi connectivity index (χ3v) is 12.0. The summed E-state index contributed by atoms with van der Waals surface area (Å²) in [5.74, 6) is 1.64. The van der Waals surface area contributed by atoms with Crippen LogP contribution in [0.1, 0.15) is 50.3 Å². The van der Waals surface area contributed by atoms with Crippen molar-refractivity contribution >= 4 is 14.1 Å². The highest BCUT2D eigenvalue weighted by atomic mass is 28.4. The average molecular weight is 419 g/mol. The molecule has 0 bridgehead atoms. The van der Waals surface area contributed by atoms with Gasteiger partial charge < -0.3 is 4.43 Å². The molecule has 2 nitrogen and oxygen atoms in total. The van der Waals surface area contributed by atoms with Crippen molar-refractivity contribution in [3.8, 4) is 5.75 Å². The Kier molecular flexibility index (Phi) is 5.30. The van der Waals surface area contributed by atoms with E-state index >= 15 is 0 Å². The molecule has 0 fully saturated rings. The quantitative estimate of drug-likeness (QED) is 0.520. The van der Waals surface area contributed by atoms with Gasteiger partial charge in [-0.2, -0.15) is 0 Å². The molecule has 0 saturated carbocycles. The summed E-state index contributed by atoms with van der Waals surface area (Å²) >= 11 is 0. The van der Waals surface area contributed by atoms with Crippen LogP contribution in [0, 0.1) is 5.92 Å². The summed E-state index contributed by atoms with van der Waals surface area (Å²) in [7, 11) is -1.87. The molecule has 4 rings (SSSR count). The van der Waals surface area contributed by atoms with Crippen molar-refractivity contribution in [1.29, 1.82) is 0 Å². The van der Waals surface area contributed by atoms with Crippen LogP contribution in [-0.2, 0) is 23.1 Å². The molecule has 2 unspecified atom stereocenters. The number of hydrogen-bond acceptors (Lipinski definition) is 2. The predicted octanol–water partition coefficient (Wildman–Crippen LogP) is 6.64. The van der Waals surface area contributed by atoms with E-state index in [2.05, 4.69) is 88.5 Å². The summed E-state index contributed by atoms with van der Waals surface area (Å²) in [5, 5.41) is 0.176. The maximum atomic E-state index is 12.2. The Morgan fingerprint density at radius 1 is 1.10 bits per heavy atom. The number of aryl methyl sites for hydroxylation is 1. The fourth-order valence-corrected chi connectivity index (χ4v) is 5.87. The first kappa shape index (κ1) is 21.1. The number of carbonyl (C=O) groups excluding carboxylic acids is 1. The van der Waals surface area contributed by atoms with Crippen LogP contribution in [0.4, 0.5) is 0 Å². The lowest BCUT2D eigenvalue weighted by Crippen LogP contribution is -2.44. The van der Waals surface area contributed by atoms with E-state index in [0.717, 1.165) is 25.0 Å². The standard InChI is InChI=1S/C27H34O2Si/c1-26(2,3)30(4,5)29-24-13-14-25-21(17-24)11-12-22-18-23(28)15-16-27(22,25)19-20-9-7-6-8-10-20/h6-10,13-17,22H,11-12,18-19H2,1-5H3. The lowest BCUT2D eigenvalue weighted by molar-refractivity contribution is -0.116. The minimum absolute atomic E-state index is 0.0989. The zero-order valence-electron chi connectivity index (χ0n) is 19.0. The first-order valence-electron chi connectivity index (χ1n) is 11.2. The molecule has 2 aromatic rings. The smallest absolute Gasteiger partial charge is 0.250 e. The van der Waals surface area contributed by atoms with Crippen LogP contribution in [0.2, 0.25) is 18.1 Å². The van der Waals surface area contributed by atoms with Gasteiger partial charge in [0, 0.05) is 11.8 Å². The maximum absolute atomic E-state index is 12.2. The summed E-state index contributed by atoms with van der Waals surface area (Å²) in [6.45, 7) is 11.4. The van der Waals surface area contributed by atoms with Gasteiger partial charge in [-0.3, -0.25) is 4.79 Å². The minimum atomic E-state index is -1.87. The van der Waals surface area contributed by atoms with Crippen LogP contribution >= 0.6 is 0 Å². The van der Waals surface area contributed by atoms with Gasteiger partial charge in [0.25, 0.3) is 0 Å². The molecule has 0 saturated heterocycles. The number of allylic oxidation sites excluding steroid dienone is 2. The normalized spacial score (nSPS) is 23.6. The van der Waals surface area contributed by atoms with Crippen LogP contribution < -0.4 is 4.43 Å². The molecule has 2 aliphatic carbocycles. The highest BCUT2D eigenvalue weighted by molar-refractivity contribution is 6.74. The van der Waals surface area contributed by atoms with E-state index in [4.69, 9.17) is 4.43 Å². The molecule has 0 aliphatic heterocycles. The lowest BCUT2D eigenvalue weighted by Gasteiger charge is -2.46. The Morgan fingerprint density at radius 2 is 1.83 bits per heavy atom. The van der Waals surface area contributed by atoms with E-state index in [-0.39, 0.29) is 16.2 Å². The summed E-state index contributed by atoms with van der Waals surface area (Å²) in [5.41, 5.74) is 4.00. The van der Waals surface area contributed by atoms with Gasteiger partial charge in [0.05, 0.1) is 0 Å². The SMILES string of the molecule is CC(C)(C)[Si](C)(C)Oc1ccc2c(c1)CCC1CC(=O)C=CC21Cc1ccccc1. The highest BCUT2D eigenvalue weighted by Gasteiger charge is 2.45. The minimum Gasteiger partial charge on any atom is -0.543 e. The Labute approximate surface area is 182 Å². The molecule has 0 aromatic heterocycles. The molecule has 158 valence electrons. The summed E-state index contributed by atoms with van der Waals surface area (Å²) < 4.78 is 6.60. The second kappa shape index (κ2) is 7.53. The number of hydrogen-bond donors (Lipinski definition) is 0. The molecular weight excluding hydrogens is 384 g/mol. The number of carbonyl (C=O) groups is 1. The Balaban J connectivity index is 1.74. The van der Waals surface area contributed by atoms with Gasteiger partial charge in [0.15, 0.2) is 5.78 Å². The third kappa shape index (κ3) is 3.80. The van der Waals surface area contributed by atoms with E-state index in [0.29, 0.717) is 12.3 Å². The van der Waals surface area contributed by atoms with Crippen LogP contribution in [0.5, 0.6) is 5.75 Å². The Hall–Kier alpha value is -2.13. The molecule has 0 N–H and O–H groups in total. The Bertz CT molecular complexity index is 968. The van der Waals surface area contributed by atoms with Gasteiger partial charge in [0.2, 0.25) is 8.32 Å². The summed E-state index contributed by atoms with van der Waals surface area (Å²) in [6.07, 6.45) is 7.71. The van der Waals surface area contributed by atoms with Gasteiger partial charge in [-0.15, -0.1) is 0 Å². The van der Waals surface area contributed by atoms with Crippen molar-refractivity contribution in [2.75, 3.05) is 0 Å². The van der Waals surface area contributed by atoms with E-state index in [1.165, 1.54) is 16.7 Å². The molecule has 3 heteroatoms. The molecule has 2 aromatic carbocycles. The monoisotopic (exact) mass is 418 g/mol. The molecule has 0 spiro atoms. The van der Waals surface area contributed by atoms with Gasteiger partial charge in [-0.1, -0.05) is 63.2 Å². The van der Waals surface area contributed by atoms with Crippen molar-refractivity contribution in [2.24, 2.45) is 5.92 Å². The molecule has 30 heavy (non-hydrogen) atoms. The zero-order valence-corrected chi connectivity index (χ0v) is 20.0. The van der Waals surface area contributed by atoms with Crippen molar-refractivity contribution in [2.45, 2.75) is 70.0 Å². The maximum Gasteiger partial charge on any atom is 0.250 e.